The number of benzene rings is 4. The van der Waals surface area contributed by atoms with E-state index in [1.165, 1.54) is 22.1 Å². The molecule has 7 rings (SSSR count). The third kappa shape index (κ3) is 4.87. The summed E-state index contributed by atoms with van der Waals surface area (Å²) in [6.07, 6.45) is 5.93. The summed E-state index contributed by atoms with van der Waals surface area (Å²) in [5, 5.41) is 7.12. The molecule has 0 saturated carbocycles. The van der Waals surface area contributed by atoms with Crippen molar-refractivity contribution in [2.75, 3.05) is 0 Å². The van der Waals surface area contributed by atoms with Crippen molar-refractivity contribution in [2.45, 2.75) is 39.5 Å². The molecule has 3 heterocycles. The van der Waals surface area contributed by atoms with Crippen LogP contribution in [0.1, 0.15) is 50.7 Å². The summed E-state index contributed by atoms with van der Waals surface area (Å²) >= 11 is 0. The number of nitrogens with zero attached hydrogens (tertiary/aromatic N) is 4. The van der Waals surface area contributed by atoms with E-state index in [9.17, 15) is 0 Å². The van der Waals surface area contributed by atoms with Crippen molar-refractivity contribution < 1.29 is 4.74 Å². The first kappa shape index (κ1) is 26.7. The average molecular weight is 563 g/mol. The van der Waals surface area contributed by atoms with Gasteiger partial charge in [-0.25, -0.2) is 9.67 Å². The Morgan fingerprint density at radius 3 is 2.14 bits per heavy atom. The van der Waals surface area contributed by atoms with Gasteiger partial charge in [0.1, 0.15) is 17.3 Å². The zero-order chi connectivity index (χ0) is 29.5. The van der Waals surface area contributed by atoms with Crippen LogP contribution in [0.4, 0.5) is 0 Å². The summed E-state index contributed by atoms with van der Waals surface area (Å²) in [7, 11) is 0. The Morgan fingerprint density at radius 2 is 1.37 bits per heavy atom. The Labute approximate surface area is 252 Å². The predicted octanol–water partition coefficient (Wildman–Crippen LogP) is 10.1. The maximum atomic E-state index is 6.45. The smallest absolute Gasteiger partial charge is 0.137 e. The Kier molecular flexibility index (Phi) is 6.78. The van der Waals surface area contributed by atoms with Gasteiger partial charge in [0.25, 0.3) is 0 Å². The van der Waals surface area contributed by atoms with Gasteiger partial charge in [-0.05, 0) is 71.0 Å². The largest absolute Gasteiger partial charge is 0.457 e. The summed E-state index contributed by atoms with van der Waals surface area (Å²) in [5.74, 6) is 3.23. The van der Waals surface area contributed by atoms with Crippen LogP contribution < -0.4 is 4.74 Å². The predicted molar refractivity (Wildman–Crippen MR) is 176 cm³/mol. The molecule has 0 amide bonds. The van der Waals surface area contributed by atoms with Gasteiger partial charge >= 0.3 is 0 Å². The maximum Gasteiger partial charge on any atom is 0.137 e. The number of para-hydroxylation sites is 1. The van der Waals surface area contributed by atoms with Crippen molar-refractivity contribution in [3.8, 4) is 34.1 Å². The van der Waals surface area contributed by atoms with E-state index in [1.807, 2.05) is 59.5 Å². The number of pyridine rings is 1. The molecule has 212 valence electrons. The highest BCUT2D eigenvalue weighted by Gasteiger charge is 2.18. The lowest BCUT2D eigenvalue weighted by molar-refractivity contribution is 0.483. The van der Waals surface area contributed by atoms with Gasteiger partial charge in [0.15, 0.2) is 0 Å². The maximum absolute atomic E-state index is 6.45. The van der Waals surface area contributed by atoms with Gasteiger partial charge < -0.3 is 4.74 Å². The minimum Gasteiger partial charge on any atom is -0.457 e. The molecule has 0 atom stereocenters. The SMILES string of the molecule is CC(C)c1cccc(C(C)C)c1-c1cnn(-c2cccc(Oc3ccc4c5ccccc5n(-c5ccccn5)c4c3)c2)c1. The third-order valence-corrected chi connectivity index (χ3v) is 8.09. The molecular formula is C38H34N4O. The second-order valence-electron chi connectivity index (χ2n) is 11.6. The van der Waals surface area contributed by atoms with E-state index in [1.54, 1.807) is 0 Å². The summed E-state index contributed by atoms with van der Waals surface area (Å²) in [6, 6.07) is 35.4. The van der Waals surface area contributed by atoms with Crippen LogP contribution in [-0.4, -0.2) is 19.3 Å². The van der Waals surface area contributed by atoms with E-state index < -0.39 is 0 Å². The van der Waals surface area contributed by atoms with Gasteiger partial charge in [-0.1, -0.05) is 76.2 Å². The highest BCUT2D eigenvalue weighted by Crippen LogP contribution is 2.37. The first-order valence-corrected chi connectivity index (χ1v) is 14.9. The molecule has 0 unspecified atom stereocenters. The van der Waals surface area contributed by atoms with Crippen molar-refractivity contribution in [1.82, 2.24) is 19.3 Å². The Morgan fingerprint density at radius 1 is 0.651 bits per heavy atom. The lowest BCUT2D eigenvalue weighted by atomic mass is 9.86. The highest BCUT2D eigenvalue weighted by molar-refractivity contribution is 6.09. The summed E-state index contributed by atoms with van der Waals surface area (Å²) in [4.78, 5) is 4.65. The lowest BCUT2D eigenvalue weighted by Crippen LogP contribution is -1.99. The molecule has 0 radical (unpaired) electrons. The summed E-state index contributed by atoms with van der Waals surface area (Å²) < 4.78 is 10.6. The molecule has 0 N–H and O–H groups in total. The molecular weight excluding hydrogens is 528 g/mol. The zero-order valence-corrected chi connectivity index (χ0v) is 24.9. The Hall–Kier alpha value is -5.16. The molecule has 43 heavy (non-hydrogen) atoms. The minimum atomic E-state index is 0.419. The molecule has 0 aliphatic carbocycles. The van der Waals surface area contributed by atoms with Crippen LogP contribution in [0.2, 0.25) is 0 Å². The van der Waals surface area contributed by atoms with Gasteiger partial charge in [-0.3, -0.25) is 4.57 Å². The number of hydrogen-bond donors (Lipinski definition) is 0. The fourth-order valence-corrected chi connectivity index (χ4v) is 6.05. The first-order valence-electron chi connectivity index (χ1n) is 14.9. The molecule has 5 nitrogen and oxygen atoms in total. The van der Waals surface area contributed by atoms with Gasteiger partial charge in [-0.15, -0.1) is 0 Å². The van der Waals surface area contributed by atoms with E-state index in [4.69, 9.17) is 9.84 Å². The standard InChI is InChI=1S/C38H34N4O/c1-25(2)31-14-10-15-32(26(3)4)38(31)27-23-40-41(24-27)28-11-9-12-29(21-28)43-30-18-19-34-33-13-5-6-16-35(33)42(36(34)22-30)37-17-7-8-20-39-37/h5-26H,1-4H3. The number of rotatable bonds is 7. The van der Waals surface area contributed by atoms with E-state index in [0.717, 1.165) is 45.0 Å². The molecule has 0 fully saturated rings. The van der Waals surface area contributed by atoms with Crippen LogP contribution in [0.25, 0.3) is 44.4 Å². The van der Waals surface area contributed by atoms with E-state index >= 15 is 0 Å². The molecule has 7 aromatic rings. The van der Waals surface area contributed by atoms with E-state index in [-0.39, 0.29) is 0 Å². The highest BCUT2D eigenvalue weighted by atomic mass is 16.5. The molecule has 0 aliphatic rings. The fourth-order valence-electron chi connectivity index (χ4n) is 6.05. The zero-order valence-electron chi connectivity index (χ0n) is 24.9. The number of hydrogen-bond acceptors (Lipinski definition) is 3. The minimum absolute atomic E-state index is 0.419. The molecule has 0 aliphatic heterocycles. The van der Waals surface area contributed by atoms with Gasteiger partial charge in [-0.2, -0.15) is 5.10 Å². The normalized spacial score (nSPS) is 11.7. The Balaban J connectivity index is 1.24. The quantitative estimate of drug-likeness (QED) is 0.194. The van der Waals surface area contributed by atoms with Crippen LogP contribution in [-0.2, 0) is 0 Å². The van der Waals surface area contributed by atoms with E-state index in [0.29, 0.717) is 11.8 Å². The average Bonchev–Trinajstić information content (AvgIpc) is 3.64. The van der Waals surface area contributed by atoms with Gasteiger partial charge in [0.05, 0.1) is 22.9 Å². The number of fused-ring (bicyclic) bond motifs is 3. The van der Waals surface area contributed by atoms with Crippen LogP contribution in [0.5, 0.6) is 11.5 Å². The second kappa shape index (κ2) is 10.9. The van der Waals surface area contributed by atoms with Crippen LogP contribution >= 0.6 is 0 Å². The summed E-state index contributed by atoms with van der Waals surface area (Å²) in [6.45, 7) is 9.01. The molecule has 3 aromatic heterocycles. The van der Waals surface area contributed by atoms with Crippen LogP contribution in [0.3, 0.4) is 0 Å². The van der Waals surface area contributed by atoms with Gasteiger partial charge in [0, 0.05) is 40.9 Å². The fraction of sp³-hybridized carbons (Fsp3) is 0.158. The van der Waals surface area contributed by atoms with Crippen molar-refractivity contribution in [2.24, 2.45) is 0 Å². The summed E-state index contributed by atoms with van der Waals surface area (Å²) in [5.41, 5.74) is 8.23. The molecule has 4 aromatic carbocycles. The first-order chi connectivity index (χ1) is 21.0. The number of ether oxygens (including phenoxy) is 1. The molecule has 0 bridgehead atoms. The molecule has 0 spiro atoms. The number of aromatic nitrogens is 4. The van der Waals surface area contributed by atoms with Crippen LogP contribution in [0.15, 0.2) is 122 Å². The van der Waals surface area contributed by atoms with Crippen molar-refractivity contribution >= 4 is 21.8 Å². The second-order valence-corrected chi connectivity index (χ2v) is 11.6. The van der Waals surface area contributed by atoms with Gasteiger partial charge in [0.2, 0.25) is 0 Å². The monoisotopic (exact) mass is 562 g/mol. The van der Waals surface area contributed by atoms with Crippen molar-refractivity contribution in [3.63, 3.8) is 0 Å². The Bertz CT molecular complexity index is 2040. The molecule has 5 heteroatoms. The molecule has 0 saturated heterocycles. The van der Waals surface area contributed by atoms with Crippen molar-refractivity contribution in [1.29, 1.82) is 0 Å². The van der Waals surface area contributed by atoms with Crippen molar-refractivity contribution in [3.05, 3.63) is 133 Å². The third-order valence-electron chi connectivity index (χ3n) is 8.09. The van der Waals surface area contributed by atoms with Crippen LogP contribution in [0, 0.1) is 0 Å². The topological polar surface area (TPSA) is 44.9 Å². The lowest BCUT2D eigenvalue weighted by Gasteiger charge is -2.18. The van der Waals surface area contributed by atoms with E-state index in [2.05, 4.69) is 104 Å².